The number of carbonyl (C=O) groups excluding carboxylic acids is 1. The van der Waals surface area contributed by atoms with Crippen LogP contribution >= 0.6 is 0 Å². The fourth-order valence-electron chi connectivity index (χ4n) is 2.48. The monoisotopic (exact) mass is 289 g/mol. The zero-order valence-electron chi connectivity index (χ0n) is 12.2. The van der Waals surface area contributed by atoms with Gasteiger partial charge in [0.15, 0.2) is 0 Å². The third-order valence-corrected chi connectivity index (χ3v) is 3.45. The number of nitrogens with zero attached hydrogens (tertiary/aromatic N) is 2. The number of hydrogen-bond donors (Lipinski definition) is 1. The number of terminal acetylenes is 1. The van der Waals surface area contributed by atoms with Gasteiger partial charge in [-0.3, -0.25) is 9.36 Å². The normalized spacial score (nSPS) is 10.4. The first-order valence-electron chi connectivity index (χ1n) is 6.97. The second kappa shape index (κ2) is 5.74. The van der Waals surface area contributed by atoms with Crippen molar-refractivity contribution < 1.29 is 4.79 Å². The molecular weight excluding hydrogens is 274 g/mol. The Balaban J connectivity index is 2.06. The average molecular weight is 289 g/mol. The third-order valence-electron chi connectivity index (χ3n) is 3.45. The number of aromatic nitrogens is 2. The largest absolute Gasteiger partial charge is 0.341 e. The molecule has 0 saturated heterocycles. The summed E-state index contributed by atoms with van der Waals surface area (Å²) in [6.45, 7) is 2.17. The molecule has 2 aromatic carbocycles. The summed E-state index contributed by atoms with van der Waals surface area (Å²) in [4.78, 5) is 16.5. The molecule has 0 aliphatic rings. The number of benzene rings is 2. The first-order valence-corrected chi connectivity index (χ1v) is 6.97. The summed E-state index contributed by atoms with van der Waals surface area (Å²) < 4.78 is 2.07. The molecule has 0 bridgehead atoms. The summed E-state index contributed by atoms with van der Waals surface area (Å²) in [6, 6.07) is 15.5. The third kappa shape index (κ3) is 2.45. The first-order chi connectivity index (χ1) is 10.7. The van der Waals surface area contributed by atoms with E-state index >= 15 is 0 Å². The lowest BCUT2D eigenvalue weighted by Crippen LogP contribution is -2.23. The van der Waals surface area contributed by atoms with E-state index in [1.807, 2.05) is 43.3 Å². The molecule has 0 aliphatic heterocycles. The molecular formula is C18H15N3O. The van der Waals surface area contributed by atoms with Gasteiger partial charge in [0.05, 0.1) is 17.6 Å². The molecule has 1 N–H and O–H groups in total. The van der Waals surface area contributed by atoms with Crippen LogP contribution in [0.2, 0.25) is 0 Å². The minimum atomic E-state index is -0.188. The molecule has 0 aliphatic carbocycles. The van der Waals surface area contributed by atoms with Crippen molar-refractivity contribution in [2.45, 2.75) is 6.92 Å². The maximum Gasteiger partial charge on any atom is 0.252 e. The average Bonchev–Trinajstić information content (AvgIpc) is 2.88. The van der Waals surface area contributed by atoms with E-state index in [0.717, 1.165) is 22.5 Å². The van der Waals surface area contributed by atoms with Crippen LogP contribution in [-0.2, 0) is 0 Å². The number of nitrogens with one attached hydrogen (secondary N) is 1. The van der Waals surface area contributed by atoms with Gasteiger partial charge in [-0.1, -0.05) is 24.1 Å². The van der Waals surface area contributed by atoms with Crippen LogP contribution in [0, 0.1) is 19.3 Å². The van der Waals surface area contributed by atoms with Gasteiger partial charge in [0, 0.05) is 11.3 Å². The minimum absolute atomic E-state index is 0.188. The number of fused-ring (bicyclic) bond motifs is 1. The highest BCUT2D eigenvalue weighted by Crippen LogP contribution is 2.22. The predicted octanol–water partition coefficient (Wildman–Crippen LogP) is 2.70. The first kappa shape index (κ1) is 13.9. The maximum atomic E-state index is 12.0. The van der Waals surface area contributed by atoms with E-state index < -0.39 is 0 Å². The second-order valence-electron chi connectivity index (χ2n) is 4.92. The van der Waals surface area contributed by atoms with Crippen molar-refractivity contribution in [2.75, 3.05) is 6.54 Å². The Morgan fingerprint density at radius 1 is 1.27 bits per heavy atom. The summed E-state index contributed by atoms with van der Waals surface area (Å²) in [5.41, 5.74) is 3.36. The topological polar surface area (TPSA) is 46.9 Å². The Kier molecular flexibility index (Phi) is 3.63. The minimum Gasteiger partial charge on any atom is -0.341 e. The number of rotatable bonds is 3. The highest BCUT2D eigenvalue weighted by atomic mass is 16.1. The smallest absolute Gasteiger partial charge is 0.252 e. The van der Waals surface area contributed by atoms with E-state index in [1.54, 1.807) is 12.1 Å². The molecule has 0 fully saturated rings. The quantitative estimate of drug-likeness (QED) is 0.754. The van der Waals surface area contributed by atoms with Crippen LogP contribution in [-0.4, -0.2) is 22.0 Å². The summed E-state index contributed by atoms with van der Waals surface area (Å²) in [7, 11) is 0. The van der Waals surface area contributed by atoms with Gasteiger partial charge in [0.25, 0.3) is 5.91 Å². The van der Waals surface area contributed by atoms with Crippen LogP contribution < -0.4 is 5.32 Å². The lowest BCUT2D eigenvalue weighted by molar-refractivity contribution is 0.0959. The predicted molar refractivity (Wildman–Crippen MR) is 87.0 cm³/mol. The summed E-state index contributed by atoms with van der Waals surface area (Å²) in [5, 5.41) is 2.66. The van der Waals surface area contributed by atoms with Gasteiger partial charge in [-0.05, 0) is 37.3 Å². The number of hydrogen-bond acceptors (Lipinski definition) is 2. The molecule has 4 nitrogen and oxygen atoms in total. The van der Waals surface area contributed by atoms with Crippen LogP contribution in [0.25, 0.3) is 16.7 Å². The summed E-state index contributed by atoms with van der Waals surface area (Å²) in [6.07, 6.45) is 5.15. The molecule has 0 atom stereocenters. The van der Waals surface area contributed by atoms with Crippen molar-refractivity contribution in [1.29, 1.82) is 0 Å². The Bertz CT molecular complexity index is 872. The van der Waals surface area contributed by atoms with Crippen LogP contribution in [0.1, 0.15) is 16.2 Å². The Labute approximate surface area is 128 Å². The van der Waals surface area contributed by atoms with E-state index in [1.165, 1.54) is 0 Å². The molecule has 22 heavy (non-hydrogen) atoms. The van der Waals surface area contributed by atoms with Crippen LogP contribution in [0.5, 0.6) is 0 Å². The van der Waals surface area contributed by atoms with Crippen molar-refractivity contribution >= 4 is 16.9 Å². The van der Waals surface area contributed by atoms with Crippen LogP contribution in [0.3, 0.4) is 0 Å². The molecule has 108 valence electrons. The molecule has 4 heteroatoms. The molecule has 3 rings (SSSR count). The maximum absolute atomic E-state index is 12.0. The second-order valence-corrected chi connectivity index (χ2v) is 4.92. The number of aryl methyl sites for hydroxylation is 1. The standard InChI is InChI=1S/C18H15N3O/c1-3-11-19-18(22)14-9-10-17-16(12-14)20-13(2)21(17)15-7-5-4-6-8-15/h1,4-10,12H,11H2,2H3,(H,19,22). The molecule has 0 radical (unpaired) electrons. The van der Waals surface area contributed by atoms with Crippen molar-refractivity contribution in [2.24, 2.45) is 0 Å². The van der Waals surface area contributed by atoms with Crippen molar-refractivity contribution in [3.8, 4) is 18.0 Å². The van der Waals surface area contributed by atoms with E-state index in [-0.39, 0.29) is 12.5 Å². The van der Waals surface area contributed by atoms with E-state index in [0.29, 0.717) is 5.56 Å². The zero-order chi connectivity index (χ0) is 15.5. The van der Waals surface area contributed by atoms with E-state index in [9.17, 15) is 4.79 Å². The van der Waals surface area contributed by atoms with Crippen molar-refractivity contribution in [3.63, 3.8) is 0 Å². The number of amides is 1. The molecule has 3 aromatic rings. The van der Waals surface area contributed by atoms with E-state index in [4.69, 9.17) is 6.42 Å². The summed E-state index contributed by atoms with van der Waals surface area (Å²) in [5.74, 6) is 3.08. The molecule has 0 spiro atoms. The molecule has 0 unspecified atom stereocenters. The van der Waals surface area contributed by atoms with Gasteiger partial charge in [-0.25, -0.2) is 4.98 Å². The van der Waals surface area contributed by atoms with Gasteiger partial charge >= 0.3 is 0 Å². The highest BCUT2D eigenvalue weighted by Gasteiger charge is 2.12. The van der Waals surface area contributed by atoms with E-state index in [2.05, 4.69) is 20.8 Å². The van der Waals surface area contributed by atoms with Crippen LogP contribution in [0.4, 0.5) is 0 Å². The lowest BCUT2D eigenvalue weighted by Gasteiger charge is -2.07. The summed E-state index contributed by atoms with van der Waals surface area (Å²) >= 11 is 0. The van der Waals surface area contributed by atoms with Crippen LogP contribution in [0.15, 0.2) is 48.5 Å². The molecule has 1 heterocycles. The zero-order valence-corrected chi connectivity index (χ0v) is 12.2. The lowest BCUT2D eigenvalue weighted by atomic mass is 10.2. The fourth-order valence-corrected chi connectivity index (χ4v) is 2.48. The fraction of sp³-hybridized carbons (Fsp3) is 0.111. The number of imidazole rings is 1. The Hall–Kier alpha value is -3.06. The molecule has 1 aromatic heterocycles. The SMILES string of the molecule is C#CCNC(=O)c1ccc2c(c1)nc(C)n2-c1ccccc1. The van der Waals surface area contributed by atoms with Gasteiger partial charge in [-0.2, -0.15) is 0 Å². The number of carbonyl (C=O) groups is 1. The Morgan fingerprint density at radius 2 is 2.05 bits per heavy atom. The van der Waals surface area contributed by atoms with Gasteiger partial charge in [0.2, 0.25) is 0 Å². The molecule has 1 amide bonds. The van der Waals surface area contributed by atoms with Crippen molar-refractivity contribution in [1.82, 2.24) is 14.9 Å². The molecule has 0 saturated carbocycles. The van der Waals surface area contributed by atoms with Gasteiger partial charge in [0.1, 0.15) is 5.82 Å². The van der Waals surface area contributed by atoms with Gasteiger partial charge < -0.3 is 5.32 Å². The van der Waals surface area contributed by atoms with Gasteiger partial charge in [-0.15, -0.1) is 6.42 Å². The number of para-hydroxylation sites is 1. The Morgan fingerprint density at radius 3 is 2.77 bits per heavy atom. The van der Waals surface area contributed by atoms with Crippen molar-refractivity contribution in [3.05, 3.63) is 59.9 Å². The highest BCUT2D eigenvalue weighted by molar-refractivity contribution is 5.97.